The molecule has 0 unspecified atom stereocenters. The number of ether oxygens (including phenoxy) is 2. The normalized spacial score (nSPS) is 30.7. The molecule has 0 aliphatic carbocycles. The Bertz CT molecular complexity index is 503. The van der Waals surface area contributed by atoms with Crippen molar-refractivity contribution >= 4 is 17.4 Å². The number of aliphatic hydroxyl groups excluding tert-OH is 1. The number of hydrogen-bond acceptors (Lipinski definition) is 6. The molecule has 7 nitrogen and oxygen atoms in total. The van der Waals surface area contributed by atoms with E-state index in [1.165, 1.54) is 23.9 Å². The first-order chi connectivity index (χ1) is 9.05. The minimum absolute atomic E-state index is 0.108. The molecule has 3 N–H and O–H groups in total. The summed E-state index contributed by atoms with van der Waals surface area (Å²) in [5.41, 5.74) is 4.00. The minimum atomic E-state index is -0.909. The zero-order valence-corrected chi connectivity index (χ0v) is 11.2. The average Bonchev–Trinajstić information content (AvgIpc) is 2.78. The molecular formula is C11H16ClN3O4. The molecule has 2 rings (SSSR count). The van der Waals surface area contributed by atoms with Crippen LogP contribution in [-0.2, 0) is 9.47 Å². The summed E-state index contributed by atoms with van der Waals surface area (Å²) in [6.45, 7) is -0.246. The lowest BCUT2D eigenvalue weighted by molar-refractivity contribution is -0.103. The summed E-state index contributed by atoms with van der Waals surface area (Å²) in [4.78, 5) is 15.5. The van der Waals surface area contributed by atoms with Crippen LogP contribution in [0.5, 0.6) is 0 Å². The maximum atomic E-state index is 11.8. The number of halogens is 1. The number of anilines is 1. The molecule has 3 atom stereocenters. The van der Waals surface area contributed by atoms with Gasteiger partial charge in [-0.05, 0) is 6.07 Å². The molecule has 0 radical (unpaired) electrons. The highest BCUT2D eigenvalue weighted by Crippen LogP contribution is 2.38. The van der Waals surface area contributed by atoms with Crippen molar-refractivity contribution in [3.63, 3.8) is 0 Å². The van der Waals surface area contributed by atoms with Crippen molar-refractivity contribution in [3.8, 4) is 0 Å². The maximum Gasteiger partial charge on any atom is 0.351 e. The number of rotatable bonds is 4. The van der Waals surface area contributed by atoms with Crippen molar-refractivity contribution in [2.75, 3.05) is 25.3 Å². The third kappa shape index (κ3) is 2.59. The minimum Gasteiger partial charge on any atom is -0.393 e. The van der Waals surface area contributed by atoms with Crippen LogP contribution in [0.15, 0.2) is 17.1 Å². The topological polar surface area (TPSA) is 99.6 Å². The lowest BCUT2D eigenvalue weighted by atomic mass is 10.0. The molecule has 2 heterocycles. The van der Waals surface area contributed by atoms with Gasteiger partial charge in [0.1, 0.15) is 17.5 Å². The molecule has 0 saturated carbocycles. The Labute approximate surface area is 114 Å². The second kappa shape index (κ2) is 5.46. The maximum absolute atomic E-state index is 11.8. The Hall–Kier alpha value is -1.15. The van der Waals surface area contributed by atoms with Gasteiger partial charge in [-0.25, -0.2) is 4.79 Å². The van der Waals surface area contributed by atoms with E-state index in [-0.39, 0.29) is 18.3 Å². The van der Waals surface area contributed by atoms with E-state index in [0.29, 0.717) is 6.42 Å². The SMILES string of the molecule is CO[C@H]1C[C@](CO)(CCl)O[C@H]1n1ccc(N)nc1=O. The molecule has 0 amide bonds. The Morgan fingerprint density at radius 2 is 2.53 bits per heavy atom. The molecule has 0 bridgehead atoms. The molecule has 1 fully saturated rings. The quantitative estimate of drug-likeness (QED) is 0.740. The van der Waals surface area contributed by atoms with E-state index >= 15 is 0 Å². The van der Waals surface area contributed by atoms with Crippen LogP contribution in [-0.4, -0.2) is 46.0 Å². The van der Waals surface area contributed by atoms with E-state index in [0.717, 1.165) is 0 Å². The molecule has 1 aliphatic rings. The third-order valence-corrected chi connectivity index (χ3v) is 3.71. The van der Waals surface area contributed by atoms with Crippen LogP contribution in [0.2, 0.25) is 0 Å². The molecule has 106 valence electrons. The van der Waals surface area contributed by atoms with Crippen molar-refractivity contribution in [2.45, 2.75) is 24.4 Å². The van der Waals surface area contributed by atoms with Gasteiger partial charge in [-0.2, -0.15) is 4.98 Å². The van der Waals surface area contributed by atoms with Gasteiger partial charge in [0.25, 0.3) is 0 Å². The summed E-state index contributed by atoms with van der Waals surface area (Å²) >= 11 is 5.84. The number of nitrogens with two attached hydrogens (primary N) is 1. The van der Waals surface area contributed by atoms with Gasteiger partial charge in [0.15, 0.2) is 6.23 Å². The van der Waals surface area contributed by atoms with E-state index in [1.807, 2.05) is 0 Å². The lowest BCUT2D eigenvalue weighted by Crippen LogP contribution is -2.36. The number of alkyl halides is 1. The first-order valence-electron chi connectivity index (χ1n) is 5.77. The monoisotopic (exact) mass is 289 g/mol. The van der Waals surface area contributed by atoms with E-state index < -0.39 is 23.6 Å². The fourth-order valence-electron chi connectivity index (χ4n) is 2.13. The third-order valence-electron chi connectivity index (χ3n) is 3.22. The van der Waals surface area contributed by atoms with E-state index in [1.54, 1.807) is 0 Å². The zero-order valence-electron chi connectivity index (χ0n) is 10.5. The molecule has 1 aromatic heterocycles. The molecule has 19 heavy (non-hydrogen) atoms. The summed E-state index contributed by atoms with van der Waals surface area (Å²) in [5.74, 6) is 0.246. The first-order valence-corrected chi connectivity index (χ1v) is 6.31. The van der Waals surface area contributed by atoms with Gasteiger partial charge in [0, 0.05) is 19.7 Å². The Kier molecular flexibility index (Phi) is 4.10. The van der Waals surface area contributed by atoms with Gasteiger partial charge < -0.3 is 20.3 Å². The van der Waals surface area contributed by atoms with Crippen LogP contribution in [0.4, 0.5) is 5.82 Å². The predicted octanol–water partition coefficient (Wildman–Crippen LogP) is -0.271. The second-order valence-corrected chi connectivity index (χ2v) is 4.77. The highest BCUT2D eigenvalue weighted by molar-refractivity contribution is 6.18. The van der Waals surface area contributed by atoms with E-state index in [9.17, 15) is 9.90 Å². The van der Waals surface area contributed by atoms with Gasteiger partial charge in [0.05, 0.1) is 12.5 Å². The molecular weight excluding hydrogens is 274 g/mol. The van der Waals surface area contributed by atoms with Crippen molar-refractivity contribution in [2.24, 2.45) is 0 Å². The summed E-state index contributed by atoms with van der Waals surface area (Å²) < 4.78 is 12.3. The Morgan fingerprint density at radius 1 is 1.79 bits per heavy atom. The van der Waals surface area contributed by atoms with Gasteiger partial charge in [-0.3, -0.25) is 4.57 Å². The fourth-order valence-corrected chi connectivity index (χ4v) is 2.39. The van der Waals surface area contributed by atoms with Crippen LogP contribution < -0.4 is 11.4 Å². The molecule has 8 heteroatoms. The highest BCUT2D eigenvalue weighted by atomic mass is 35.5. The second-order valence-electron chi connectivity index (χ2n) is 4.50. The van der Waals surface area contributed by atoms with Gasteiger partial charge >= 0.3 is 5.69 Å². The van der Waals surface area contributed by atoms with Crippen molar-refractivity contribution in [1.29, 1.82) is 0 Å². The zero-order chi connectivity index (χ0) is 14.0. The standard InChI is InChI=1S/C11H16ClN3O4/c1-18-7-4-11(5-12,6-16)19-9(7)15-3-2-8(13)14-10(15)17/h2-3,7,9,16H,4-6H2,1H3,(H2,13,14,17)/t7-,9+,11+/m0/s1. The smallest absolute Gasteiger partial charge is 0.351 e. The van der Waals surface area contributed by atoms with E-state index in [2.05, 4.69) is 4.98 Å². The molecule has 0 aromatic carbocycles. The highest BCUT2D eigenvalue weighted by Gasteiger charge is 2.47. The van der Waals surface area contributed by atoms with Crippen molar-refractivity contribution < 1.29 is 14.6 Å². The summed E-state index contributed by atoms with van der Waals surface area (Å²) in [5, 5.41) is 9.42. The van der Waals surface area contributed by atoms with Crippen molar-refractivity contribution in [1.82, 2.24) is 9.55 Å². The number of nitrogens with zero attached hydrogens (tertiary/aromatic N) is 2. The van der Waals surface area contributed by atoms with Crippen molar-refractivity contribution in [3.05, 3.63) is 22.7 Å². The summed E-state index contributed by atoms with van der Waals surface area (Å²) in [6.07, 6.45) is 0.805. The van der Waals surface area contributed by atoms with Gasteiger partial charge in [-0.1, -0.05) is 0 Å². The van der Waals surface area contributed by atoms with Crippen LogP contribution in [0.25, 0.3) is 0 Å². The molecule has 1 saturated heterocycles. The van der Waals surface area contributed by atoms with Crippen LogP contribution in [0, 0.1) is 0 Å². The van der Waals surface area contributed by atoms with Crippen LogP contribution >= 0.6 is 11.6 Å². The predicted molar refractivity (Wildman–Crippen MR) is 69.0 cm³/mol. The molecule has 1 aromatic rings. The number of aromatic nitrogens is 2. The Morgan fingerprint density at radius 3 is 3.05 bits per heavy atom. The number of hydrogen-bond donors (Lipinski definition) is 2. The lowest BCUT2D eigenvalue weighted by Gasteiger charge is -2.24. The Balaban J connectivity index is 2.35. The van der Waals surface area contributed by atoms with Crippen LogP contribution in [0.1, 0.15) is 12.6 Å². The molecule has 1 aliphatic heterocycles. The first kappa shape index (κ1) is 14.3. The number of aliphatic hydroxyl groups is 1. The van der Waals surface area contributed by atoms with Gasteiger partial charge in [0.2, 0.25) is 0 Å². The number of methoxy groups -OCH3 is 1. The number of nitrogen functional groups attached to an aromatic ring is 1. The van der Waals surface area contributed by atoms with E-state index in [4.69, 9.17) is 26.8 Å². The van der Waals surface area contributed by atoms with Crippen LogP contribution in [0.3, 0.4) is 0 Å². The van der Waals surface area contributed by atoms with Gasteiger partial charge in [-0.15, -0.1) is 11.6 Å². The summed E-state index contributed by atoms with van der Waals surface area (Å²) in [7, 11) is 1.51. The largest absolute Gasteiger partial charge is 0.393 e. The average molecular weight is 290 g/mol. The summed E-state index contributed by atoms with van der Waals surface area (Å²) in [6, 6.07) is 1.50. The molecule has 0 spiro atoms. The fraction of sp³-hybridized carbons (Fsp3) is 0.636.